The number of carbonyl (C=O) groups is 2. The van der Waals surface area contributed by atoms with Gasteiger partial charge < -0.3 is 24.4 Å². The van der Waals surface area contributed by atoms with Crippen molar-refractivity contribution in [3.05, 3.63) is 113 Å². The van der Waals surface area contributed by atoms with Crippen molar-refractivity contribution in [2.75, 3.05) is 32.2 Å². The summed E-state index contributed by atoms with van der Waals surface area (Å²) in [7, 11) is -0.245. The molecule has 266 valence electrons. The van der Waals surface area contributed by atoms with Gasteiger partial charge in [0.25, 0.3) is 10.0 Å². The van der Waals surface area contributed by atoms with Crippen LogP contribution in [0.2, 0.25) is 5.02 Å². The minimum atomic E-state index is -4.49. The number of aryl methyl sites for hydroxylation is 1. The van der Waals surface area contributed by atoms with Crippen molar-refractivity contribution in [1.29, 1.82) is 0 Å². The third-order valence-electron chi connectivity index (χ3n) is 8.51. The molecule has 50 heavy (non-hydrogen) atoms. The van der Waals surface area contributed by atoms with Crippen LogP contribution in [0.4, 0.5) is 5.69 Å². The molecule has 0 unspecified atom stereocenters. The number of carbonyl (C=O) groups excluding carboxylic acids is 2. The van der Waals surface area contributed by atoms with Crippen LogP contribution in [-0.2, 0) is 32.6 Å². The number of sulfonamides is 1. The maximum Gasteiger partial charge on any atom is 0.265 e. The zero-order chi connectivity index (χ0) is 36.4. The zero-order valence-electron chi connectivity index (χ0n) is 29.2. The molecule has 0 heterocycles. The highest BCUT2D eigenvalue weighted by Gasteiger charge is 2.36. The first-order valence-electron chi connectivity index (χ1n) is 16.2. The summed E-state index contributed by atoms with van der Waals surface area (Å²) in [5, 5.41) is 3.28. The standard InChI is InChI=1S/C38H44ClN3O7S/c1-7-27(3)40-38(44)33(21-28-14-9-8-10-15-28)41(24-29-16-12-11-13-26(29)2)37(43)25-42(32-22-30(39)17-19-34(32)47-4)50(45,46)31-18-20-35(48-5)36(23-31)49-6/h8-20,22-23,27,33H,7,21,24-25H2,1-6H3,(H,40,44)/t27-,33-/m1/s1. The number of amides is 2. The van der Waals surface area contributed by atoms with Gasteiger partial charge in [0.1, 0.15) is 18.3 Å². The van der Waals surface area contributed by atoms with Crippen LogP contribution in [0.1, 0.15) is 37.0 Å². The SMILES string of the molecule is CC[C@@H](C)NC(=O)[C@@H](Cc1ccccc1)N(Cc1ccccc1C)C(=O)CN(c1cc(Cl)ccc1OC)S(=O)(=O)c1ccc(OC)c(OC)c1. The Hall–Kier alpha value is -4.74. The Balaban J connectivity index is 1.89. The Kier molecular flexibility index (Phi) is 13.1. The number of rotatable bonds is 16. The quantitative estimate of drug-likeness (QED) is 0.142. The number of halogens is 1. The number of hydrogen-bond donors (Lipinski definition) is 1. The average Bonchev–Trinajstić information content (AvgIpc) is 3.12. The van der Waals surface area contributed by atoms with Crippen LogP contribution >= 0.6 is 11.6 Å². The van der Waals surface area contributed by atoms with Crippen LogP contribution in [0, 0.1) is 6.92 Å². The van der Waals surface area contributed by atoms with Gasteiger partial charge in [-0.1, -0.05) is 73.1 Å². The first-order chi connectivity index (χ1) is 23.9. The van der Waals surface area contributed by atoms with Gasteiger partial charge in [-0.25, -0.2) is 8.42 Å². The third-order valence-corrected chi connectivity index (χ3v) is 10.5. The molecule has 0 saturated carbocycles. The number of ether oxygens (including phenoxy) is 3. The summed E-state index contributed by atoms with van der Waals surface area (Å²) in [5.74, 6) is -0.273. The fourth-order valence-corrected chi connectivity index (χ4v) is 7.04. The summed E-state index contributed by atoms with van der Waals surface area (Å²) >= 11 is 6.41. The maximum absolute atomic E-state index is 14.8. The molecule has 2 amide bonds. The Bertz CT molecular complexity index is 1890. The van der Waals surface area contributed by atoms with Crippen LogP contribution in [-0.4, -0.2) is 65.1 Å². The predicted octanol–water partition coefficient (Wildman–Crippen LogP) is 6.42. The van der Waals surface area contributed by atoms with E-state index in [2.05, 4.69) is 5.32 Å². The van der Waals surface area contributed by atoms with Crippen LogP contribution in [0.3, 0.4) is 0 Å². The number of benzene rings is 4. The molecule has 4 aromatic carbocycles. The summed E-state index contributed by atoms with van der Waals surface area (Å²) in [6.45, 7) is 5.15. The summed E-state index contributed by atoms with van der Waals surface area (Å²) in [6.07, 6.45) is 0.880. The Labute approximate surface area is 300 Å². The van der Waals surface area contributed by atoms with Gasteiger partial charge in [0.05, 0.1) is 31.9 Å². The monoisotopic (exact) mass is 721 g/mol. The lowest BCUT2D eigenvalue weighted by molar-refractivity contribution is -0.140. The number of nitrogens with zero attached hydrogens (tertiary/aromatic N) is 2. The van der Waals surface area contributed by atoms with Crippen molar-refractivity contribution in [2.24, 2.45) is 0 Å². The van der Waals surface area contributed by atoms with E-state index < -0.39 is 28.5 Å². The molecule has 0 spiro atoms. The maximum atomic E-state index is 14.8. The Morgan fingerprint density at radius 3 is 2.12 bits per heavy atom. The molecule has 0 aliphatic heterocycles. The second kappa shape index (κ2) is 17.3. The summed E-state index contributed by atoms with van der Waals surface area (Å²) in [6, 6.07) is 24.5. The molecule has 4 rings (SSSR count). The molecule has 0 bridgehead atoms. The van der Waals surface area contributed by atoms with Crippen molar-refractivity contribution >= 4 is 39.1 Å². The molecule has 2 atom stereocenters. The molecule has 0 radical (unpaired) electrons. The lowest BCUT2D eigenvalue weighted by Crippen LogP contribution is -2.54. The Morgan fingerprint density at radius 2 is 1.48 bits per heavy atom. The molecule has 1 N–H and O–H groups in total. The van der Waals surface area contributed by atoms with Gasteiger partial charge in [-0.2, -0.15) is 0 Å². The van der Waals surface area contributed by atoms with Gasteiger partial charge in [0.15, 0.2) is 11.5 Å². The minimum Gasteiger partial charge on any atom is -0.495 e. The molecular formula is C38H44ClN3O7S. The number of methoxy groups -OCH3 is 3. The third kappa shape index (κ3) is 9.08. The average molecular weight is 722 g/mol. The molecule has 10 nitrogen and oxygen atoms in total. The van der Waals surface area contributed by atoms with E-state index >= 15 is 0 Å². The van der Waals surface area contributed by atoms with E-state index in [1.165, 1.54) is 56.6 Å². The van der Waals surface area contributed by atoms with Gasteiger partial charge in [0.2, 0.25) is 11.8 Å². The molecular weight excluding hydrogens is 678 g/mol. The molecule has 0 aromatic heterocycles. The van der Waals surface area contributed by atoms with E-state index in [1.54, 1.807) is 6.07 Å². The van der Waals surface area contributed by atoms with Gasteiger partial charge >= 0.3 is 0 Å². The second-order valence-electron chi connectivity index (χ2n) is 11.8. The number of hydrogen-bond acceptors (Lipinski definition) is 7. The molecule has 0 saturated heterocycles. The number of nitrogens with one attached hydrogen (secondary N) is 1. The van der Waals surface area contributed by atoms with Crippen molar-refractivity contribution in [3.8, 4) is 17.2 Å². The van der Waals surface area contributed by atoms with Crippen LogP contribution in [0.5, 0.6) is 17.2 Å². The van der Waals surface area contributed by atoms with Gasteiger partial charge in [0, 0.05) is 30.1 Å². The Morgan fingerprint density at radius 1 is 0.840 bits per heavy atom. The summed E-state index contributed by atoms with van der Waals surface area (Å²) in [4.78, 5) is 30.2. The highest BCUT2D eigenvalue weighted by Crippen LogP contribution is 2.37. The fourth-order valence-electron chi connectivity index (χ4n) is 5.44. The van der Waals surface area contributed by atoms with Crippen molar-refractivity contribution in [1.82, 2.24) is 10.2 Å². The predicted molar refractivity (Wildman–Crippen MR) is 196 cm³/mol. The zero-order valence-corrected chi connectivity index (χ0v) is 30.8. The van der Waals surface area contributed by atoms with E-state index in [9.17, 15) is 18.0 Å². The van der Waals surface area contributed by atoms with E-state index in [0.29, 0.717) is 12.2 Å². The minimum absolute atomic E-state index is 0.0441. The summed E-state index contributed by atoms with van der Waals surface area (Å²) in [5.41, 5.74) is 2.61. The van der Waals surface area contributed by atoms with Crippen LogP contribution in [0.25, 0.3) is 0 Å². The van der Waals surface area contributed by atoms with Crippen LogP contribution < -0.4 is 23.8 Å². The second-order valence-corrected chi connectivity index (χ2v) is 14.1. The van der Waals surface area contributed by atoms with E-state index in [-0.39, 0.29) is 52.0 Å². The van der Waals surface area contributed by atoms with Crippen molar-refractivity contribution in [3.63, 3.8) is 0 Å². The first kappa shape index (κ1) is 38.1. The highest BCUT2D eigenvalue weighted by molar-refractivity contribution is 7.92. The van der Waals surface area contributed by atoms with Gasteiger partial charge in [-0.15, -0.1) is 0 Å². The topological polar surface area (TPSA) is 114 Å². The van der Waals surface area contributed by atoms with Gasteiger partial charge in [-0.3, -0.25) is 13.9 Å². The summed E-state index contributed by atoms with van der Waals surface area (Å²) < 4.78 is 46.5. The largest absolute Gasteiger partial charge is 0.495 e. The smallest absolute Gasteiger partial charge is 0.265 e. The van der Waals surface area contributed by atoms with E-state index in [4.69, 9.17) is 25.8 Å². The molecule has 0 aliphatic carbocycles. The fraction of sp³-hybridized carbons (Fsp3) is 0.316. The van der Waals surface area contributed by atoms with E-state index in [1.807, 2.05) is 75.4 Å². The van der Waals surface area contributed by atoms with E-state index in [0.717, 1.165) is 21.0 Å². The lowest BCUT2D eigenvalue weighted by atomic mass is 10.0. The molecule has 4 aromatic rings. The van der Waals surface area contributed by atoms with Gasteiger partial charge in [-0.05, 0) is 67.3 Å². The van der Waals surface area contributed by atoms with Crippen LogP contribution in [0.15, 0.2) is 95.9 Å². The number of anilines is 1. The highest BCUT2D eigenvalue weighted by atomic mass is 35.5. The molecule has 0 aliphatic rings. The van der Waals surface area contributed by atoms with Crippen molar-refractivity contribution < 1.29 is 32.2 Å². The molecule has 0 fully saturated rings. The van der Waals surface area contributed by atoms with Crippen molar-refractivity contribution in [2.45, 2.75) is 57.1 Å². The molecule has 12 heteroatoms. The lowest BCUT2D eigenvalue weighted by Gasteiger charge is -2.35. The normalized spacial score (nSPS) is 12.4. The first-order valence-corrected chi connectivity index (χ1v) is 18.0.